The largest absolute Gasteiger partial charge is 0.393 e. The first-order valence-corrected chi connectivity index (χ1v) is 6.84. The van der Waals surface area contributed by atoms with Crippen molar-refractivity contribution >= 4 is 17.5 Å². The smallest absolute Gasteiger partial charge is 0.224 e. The quantitative estimate of drug-likeness (QED) is 0.753. The number of amides is 2. The highest BCUT2D eigenvalue weighted by molar-refractivity contribution is 5.88. The number of anilines is 1. The van der Waals surface area contributed by atoms with Gasteiger partial charge in [0.25, 0.3) is 0 Å². The maximum atomic E-state index is 11.8. The van der Waals surface area contributed by atoms with Crippen molar-refractivity contribution < 1.29 is 14.7 Å². The van der Waals surface area contributed by atoms with Gasteiger partial charge in [-0.1, -0.05) is 12.1 Å². The topological polar surface area (TPSA) is 78.4 Å². The summed E-state index contributed by atoms with van der Waals surface area (Å²) in [4.78, 5) is 22.6. The van der Waals surface area contributed by atoms with Crippen molar-refractivity contribution in [3.63, 3.8) is 0 Å². The summed E-state index contributed by atoms with van der Waals surface area (Å²) in [6, 6.07) is 7.23. The van der Waals surface area contributed by atoms with Crippen molar-refractivity contribution in [2.24, 2.45) is 5.92 Å². The normalized spacial score (nSPS) is 20.9. The number of hydrogen-bond donors (Lipinski definition) is 3. The molecular weight excluding hydrogens is 256 g/mol. The van der Waals surface area contributed by atoms with Crippen LogP contribution < -0.4 is 10.6 Å². The van der Waals surface area contributed by atoms with Gasteiger partial charge in [0, 0.05) is 19.2 Å². The Balaban J connectivity index is 1.74. The van der Waals surface area contributed by atoms with Gasteiger partial charge < -0.3 is 15.7 Å². The van der Waals surface area contributed by atoms with Crippen molar-refractivity contribution in [1.82, 2.24) is 5.32 Å². The lowest BCUT2D eigenvalue weighted by molar-refractivity contribution is -0.121. The fraction of sp³-hybridized carbons (Fsp3) is 0.467. The summed E-state index contributed by atoms with van der Waals surface area (Å²) in [5.74, 6) is 0.285. The van der Waals surface area contributed by atoms with E-state index in [1.807, 2.05) is 12.1 Å². The van der Waals surface area contributed by atoms with Crippen LogP contribution in [0.25, 0.3) is 0 Å². The third-order valence-electron chi connectivity index (χ3n) is 3.44. The Labute approximate surface area is 118 Å². The highest BCUT2D eigenvalue weighted by Gasteiger charge is 2.27. The molecule has 3 N–H and O–H groups in total. The van der Waals surface area contributed by atoms with Gasteiger partial charge in [-0.2, -0.15) is 0 Å². The Morgan fingerprint density at radius 1 is 1.25 bits per heavy atom. The molecular formula is C15H20N2O3. The van der Waals surface area contributed by atoms with E-state index in [0.717, 1.165) is 24.1 Å². The SMILES string of the molecule is CC(=O)Nc1ccc(CC(=O)NCC2CC(O)C2)cc1. The molecule has 0 aromatic heterocycles. The van der Waals surface area contributed by atoms with Crippen LogP contribution in [-0.2, 0) is 16.0 Å². The van der Waals surface area contributed by atoms with Crippen LogP contribution in [0.5, 0.6) is 0 Å². The third-order valence-corrected chi connectivity index (χ3v) is 3.44. The van der Waals surface area contributed by atoms with Gasteiger partial charge in [0.15, 0.2) is 0 Å². The zero-order chi connectivity index (χ0) is 14.5. The predicted molar refractivity (Wildman–Crippen MR) is 76.2 cm³/mol. The number of rotatable bonds is 5. The van der Waals surface area contributed by atoms with Crippen molar-refractivity contribution in [2.45, 2.75) is 32.3 Å². The summed E-state index contributed by atoms with van der Waals surface area (Å²) in [5, 5.41) is 14.7. The molecule has 2 amide bonds. The molecule has 2 rings (SSSR count). The van der Waals surface area contributed by atoms with E-state index >= 15 is 0 Å². The number of hydrogen-bond acceptors (Lipinski definition) is 3. The minimum absolute atomic E-state index is 0.0151. The minimum atomic E-state index is -0.182. The first kappa shape index (κ1) is 14.5. The molecule has 1 aromatic carbocycles. The molecule has 108 valence electrons. The van der Waals surface area contributed by atoms with Gasteiger partial charge in [-0.15, -0.1) is 0 Å². The van der Waals surface area contributed by atoms with Crippen molar-refractivity contribution in [3.05, 3.63) is 29.8 Å². The van der Waals surface area contributed by atoms with Gasteiger partial charge in [-0.25, -0.2) is 0 Å². The van der Waals surface area contributed by atoms with E-state index in [1.165, 1.54) is 6.92 Å². The van der Waals surface area contributed by atoms with Crippen molar-refractivity contribution in [1.29, 1.82) is 0 Å². The third kappa shape index (κ3) is 4.35. The van der Waals surface area contributed by atoms with E-state index < -0.39 is 0 Å². The monoisotopic (exact) mass is 276 g/mol. The second-order valence-corrected chi connectivity index (χ2v) is 5.35. The molecule has 0 unspecified atom stereocenters. The van der Waals surface area contributed by atoms with Crippen LogP contribution in [-0.4, -0.2) is 29.6 Å². The first-order chi connectivity index (χ1) is 9.52. The van der Waals surface area contributed by atoms with Gasteiger partial charge in [0.05, 0.1) is 12.5 Å². The summed E-state index contributed by atoms with van der Waals surface area (Å²) in [6.07, 6.45) is 1.71. The van der Waals surface area contributed by atoms with Crippen molar-refractivity contribution in [2.75, 3.05) is 11.9 Å². The van der Waals surface area contributed by atoms with Crippen molar-refractivity contribution in [3.8, 4) is 0 Å². The van der Waals surface area contributed by atoms with E-state index in [1.54, 1.807) is 12.1 Å². The van der Waals surface area contributed by atoms with Crippen LogP contribution in [0.2, 0.25) is 0 Å². The summed E-state index contributed by atoms with van der Waals surface area (Å²) in [7, 11) is 0. The fourth-order valence-corrected chi connectivity index (χ4v) is 2.28. The summed E-state index contributed by atoms with van der Waals surface area (Å²) >= 11 is 0. The lowest BCUT2D eigenvalue weighted by atomic mass is 9.82. The van der Waals surface area contributed by atoms with E-state index in [-0.39, 0.29) is 17.9 Å². The van der Waals surface area contributed by atoms with Gasteiger partial charge in [-0.05, 0) is 36.5 Å². The molecule has 1 aliphatic carbocycles. The number of carbonyl (C=O) groups is 2. The Morgan fingerprint density at radius 2 is 1.90 bits per heavy atom. The fourth-order valence-electron chi connectivity index (χ4n) is 2.28. The maximum Gasteiger partial charge on any atom is 0.224 e. The van der Waals surface area contributed by atoms with Crippen LogP contribution in [0.15, 0.2) is 24.3 Å². The van der Waals surface area contributed by atoms with Gasteiger partial charge in [-0.3, -0.25) is 9.59 Å². The molecule has 1 fully saturated rings. The van der Waals surface area contributed by atoms with E-state index in [2.05, 4.69) is 10.6 Å². The molecule has 0 atom stereocenters. The van der Waals surface area contributed by atoms with E-state index in [4.69, 9.17) is 5.11 Å². The van der Waals surface area contributed by atoms with Crippen LogP contribution in [0.1, 0.15) is 25.3 Å². The van der Waals surface area contributed by atoms with Gasteiger partial charge in [0.2, 0.25) is 11.8 Å². The number of benzene rings is 1. The standard InChI is InChI=1S/C15H20N2O3/c1-10(18)17-13-4-2-11(3-5-13)8-15(20)16-9-12-6-14(19)7-12/h2-5,12,14,19H,6-9H2,1H3,(H,16,20)(H,17,18). The van der Waals surface area contributed by atoms with Gasteiger partial charge >= 0.3 is 0 Å². The zero-order valence-corrected chi connectivity index (χ0v) is 11.6. The molecule has 1 aromatic rings. The highest BCUT2D eigenvalue weighted by atomic mass is 16.3. The number of aliphatic hydroxyl groups excluding tert-OH is 1. The maximum absolute atomic E-state index is 11.8. The Morgan fingerprint density at radius 3 is 2.45 bits per heavy atom. The van der Waals surface area contributed by atoms with Crippen LogP contribution in [0.4, 0.5) is 5.69 Å². The molecule has 0 spiro atoms. The van der Waals surface area contributed by atoms with E-state index in [0.29, 0.717) is 18.9 Å². The predicted octanol–water partition coefficient (Wildman–Crippen LogP) is 1.07. The molecule has 1 aliphatic rings. The minimum Gasteiger partial charge on any atom is -0.393 e. The first-order valence-electron chi connectivity index (χ1n) is 6.84. The molecule has 0 aliphatic heterocycles. The Kier molecular flexibility index (Phi) is 4.74. The van der Waals surface area contributed by atoms with Gasteiger partial charge in [0.1, 0.15) is 0 Å². The summed E-state index contributed by atoms with van der Waals surface area (Å²) in [5.41, 5.74) is 1.63. The average molecular weight is 276 g/mol. The summed E-state index contributed by atoms with van der Waals surface area (Å²) < 4.78 is 0. The molecule has 5 nitrogen and oxygen atoms in total. The average Bonchev–Trinajstić information content (AvgIpc) is 2.35. The van der Waals surface area contributed by atoms with E-state index in [9.17, 15) is 9.59 Å². The molecule has 1 saturated carbocycles. The highest BCUT2D eigenvalue weighted by Crippen LogP contribution is 2.26. The second kappa shape index (κ2) is 6.52. The molecule has 5 heteroatoms. The number of carbonyl (C=O) groups excluding carboxylic acids is 2. The Bertz CT molecular complexity index is 478. The van der Waals surface area contributed by atoms with Crippen LogP contribution in [0, 0.1) is 5.92 Å². The zero-order valence-electron chi connectivity index (χ0n) is 11.6. The number of nitrogens with one attached hydrogen (secondary N) is 2. The summed E-state index contributed by atoms with van der Waals surface area (Å²) in [6.45, 7) is 2.10. The molecule has 0 bridgehead atoms. The van der Waals surface area contributed by atoms with Crippen LogP contribution in [0.3, 0.4) is 0 Å². The molecule has 0 saturated heterocycles. The Hall–Kier alpha value is -1.88. The second-order valence-electron chi connectivity index (χ2n) is 5.35. The van der Waals surface area contributed by atoms with Crippen LogP contribution >= 0.6 is 0 Å². The molecule has 0 radical (unpaired) electrons. The lowest BCUT2D eigenvalue weighted by Crippen LogP contribution is -2.38. The number of aliphatic hydroxyl groups is 1. The molecule has 20 heavy (non-hydrogen) atoms. The molecule has 0 heterocycles. The lowest BCUT2D eigenvalue weighted by Gasteiger charge is -2.31.